The van der Waals surface area contributed by atoms with Gasteiger partial charge in [0.15, 0.2) is 5.75 Å². The van der Waals surface area contributed by atoms with Crippen LogP contribution in [0.2, 0.25) is 10.0 Å². The lowest BCUT2D eigenvalue weighted by Crippen LogP contribution is -2.36. The van der Waals surface area contributed by atoms with Crippen molar-refractivity contribution in [1.82, 2.24) is 15.5 Å². The zero-order chi connectivity index (χ0) is 23.3. The number of rotatable bonds is 7. The molecular weight excluding hydrogens is 463 g/mol. The Balaban J connectivity index is 1.74. The van der Waals surface area contributed by atoms with Crippen LogP contribution in [0.15, 0.2) is 28.1 Å². The molecule has 1 saturated carbocycles. The van der Waals surface area contributed by atoms with Crippen LogP contribution in [0.25, 0.3) is 0 Å². The first-order chi connectivity index (χ1) is 15.3. The third-order valence-electron chi connectivity index (χ3n) is 4.14. The molecule has 1 aliphatic carbocycles. The number of nitriles is 1. The lowest BCUT2D eigenvalue weighted by Gasteiger charge is -2.11. The zero-order valence-corrected chi connectivity index (χ0v) is 18.1. The van der Waals surface area contributed by atoms with E-state index in [-0.39, 0.29) is 45.4 Å². The van der Waals surface area contributed by atoms with Crippen LogP contribution in [-0.2, 0) is 9.53 Å². The Bertz CT molecular complexity index is 1160. The number of benzene rings is 1. The second-order valence-corrected chi connectivity index (χ2v) is 7.31. The molecule has 166 valence electrons. The molecule has 11 nitrogen and oxygen atoms in total. The minimum Gasteiger partial charge on any atom is -0.450 e. The number of nitrogens with zero attached hydrogens (tertiary/aromatic N) is 3. The van der Waals surface area contributed by atoms with Gasteiger partial charge in [0.2, 0.25) is 11.6 Å². The van der Waals surface area contributed by atoms with Gasteiger partial charge in [0.1, 0.15) is 6.07 Å². The van der Waals surface area contributed by atoms with E-state index < -0.39 is 17.7 Å². The van der Waals surface area contributed by atoms with Crippen LogP contribution < -0.4 is 21.0 Å². The Morgan fingerprint density at radius 2 is 2.00 bits per heavy atom. The van der Waals surface area contributed by atoms with E-state index in [0.29, 0.717) is 5.56 Å². The highest BCUT2D eigenvalue weighted by atomic mass is 35.5. The van der Waals surface area contributed by atoms with Crippen molar-refractivity contribution in [3.8, 4) is 17.7 Å². The summed E-state index contributed by atoms with van der Waals surface area (Å²) >= 11 is 12.5. The van der Waals surface area contributed by atoms with Gasteiger partial charge in [-0.05, 0) is 37.8 Å². The number of halogens is 2. The summed E-state index contributed by atoms with van der Waals surface area (Å²) in [6.07, 6.45) is 0.850. The molecule has 0 unspecified atom stereocenters. The number of carbonyl (C=O) groups is 2. The van der Waals surface area contributed by atoms with Crippen molar-refractivity contribution in [2.24, 2.45) is 5.10 Å². The number of aromatic nitrogens is 2. The van der Waals surface area contributed by atoms with E-state index in [0.717, 1.165) is 12.8 Å². The van der Waals surface area contributed by atoms with Gasteiger partial charge in [-0.15, -0.1) is 5.10 Å². The maximum atomic E-state index is 11.9. The molecule has 3 rings (SSSR count). The van der Waals surface area contributed by atoms with Crippen molar-refractivity contribution in [2.45, 2.75) is 25.7 Å². The van der Waals surface area contributed by atoms with Crippen LogP contribution in [0.3, 0.4) is 0 Å². The Morgan fingerprint density at radius 1 is 1.31 bits per heavy atom. The number of H-pyrrole nitrogens is 1. The first kappa shape index (κ1) is 23.1. The number of carbonyl (C=O) groups excluding carboxylic acids is 2. The lowest BCUT2D eigenvalue weighted by molar-refractivity contribution is -0.114. The summed E-state index contributed by atoms with van der Waals surface area (Å²) in [5, 5.41) is 21.0. The molecular formula is C19H16Cl2N6O5. The van der Waals surface area contributed by atoms with Gasteiger partial charge in [-0.3, -0.25) is 20.3 Å². The largest absolute Gasteiger partial charge is 0.450 e. The van der Waals surface area contributed by atoms with Gasteiger partial charge < -0.3 is 9.47 Å². The SMILES string of the molecule is CCOC(=O)NC(=O)C(C#N)=NNc1cc(Cl)c(Oc2cc(C3CC3)c(=O)[nH]n2)c(Cl)c1. The smallest absolute Gasteiger partial charge is 0.414 e. The Labute approximate surface area is 191 Å². The third kappa shape index (κ3) is 5.75. The van der Waals surface area contributed by atoms with E-state index in [1.165, 1.54) is 12.1 Å². The first-order valence-electron chi connectivity index (χ1n) is 9.30. The predicted molar refractivity (Wildman–Crippen MR) is 115 cm³/mol. The molecule has 0 saturated heterocycles. The van der Waals surface area contributed by atoms with E-state index in [1.54, 1.807) is 19.1 Å². The van der Waals surface area contributed by atoms with E-state index in [2.05, 4.69) is 25.5 Å². The Hall–Kier alpha value is -3.62. The van der Waals surface area contributed by atoms with Crippen molar-refractivity contribution in [1.29, 1.82) is 5.26 Å². The molecule has 1 aliphatic rings. The van der Waals surface area contributed by atoms with Crippen LogP contribution in [-0.4, -0.2) is 34.5 Å². The Morgan fingerprint density at radius 3 is 2.59 bits per heavy atom. The van der Waals surface area contributed by atoms with E-state index in [9.17, 15) is 14.4 Å². The molecule has 0 spiro atoms. The molecule has 2 amide bonds. The fourth-order valence-corrected chi connectivity index (χ4v) is 3.11. The second-order valence-electron chi connectivity index (χ2n) is 6.49. The molecule has 1 fully saturated rings. The highest BCUT2D eigenvalue weighted by Gasteiger charge is 2.27. The number of hydrazone groups is 1. The topological polar surface area (TPSA) is 159 Å². The average Bonchev–Trinajstić information content (AvgIpc) is 3.57. The molecule has 0 aliphatic heterocycles. The molecule has 1 heterocycles. The van der Waals surface area contributed by atoms with Crippen molar-refractivity contribution in [3.05, 3.63) is 44.2 Å². The highest BCUT2D eigenvalue weighted by molar-refractivity contribution is 6.47. The number of hydrogen-bond acceptors (Lipinski definition) is 9. The van der Waals surface area contributed by atoms with E-state index in [1.807, 2.05) is 5.32 Å². The molecule has 2 aromatic rings. The van der Waals surface area contributed by atoms with Crippen LogP contribution in [0, 0.1) is 11.3 Å². The maximum Gasteiger partial charge on any atom is 0.414 e. The van der Waals surface area contributed by atoms with Gasteiger partial charge in [0.05, 0.1) is 22.3 Å². The molecule has 1 aromatic heterocycles. The standard InChI is InChI=1S/C19H16Cl2N6O5/c1-2-31-19(30)23-18(29)14(8-22)25-24-10-5-12(20)16(13(21)6-10)32-15-7-11(9-3-4-9)17(28)27-26-15/h5-7,9,24H,2-4H2,1H3,(H,27,28)(H,23,29,30). The zero-order valence-electron chi connectivity index (χ0n) is 16.6. The molecule has 13 heteroatoms. The predicted octanol–water partition coefficient (Wildman–Crippen LogP) is 3.31. The van der Waals surface area contributed by atoms with Crippen LogP contribution in [0.4, 0.5) is 10.5 Å². The first-order valence-corrected chi connectivity index (χ1v) is 10.1. The van der Waals surface area contributed by atoms with Crippen LogP contribution >= 0.6 is 23.2 Å². The number of amides is 2. The summed E-state index contributed by atoms with van der Waals surface area (Å²) in [6.45, 7) is 1.61. The number of anilines is 1. The van der Waals surface area contributed by atoms with Crippen LogP contribution in [0.5, 0.6) is 11.6 Å². The van der Waals surface area contributed by atoms with Gasteiger partial charge in [0, 0.05) is 11.6 Å². The van der Waals surface area contributed by atoms with Gasteiger partial charge in [-0.2, -0.15) is 10.4 Å². The number of alkyl carbamates (subject to hydrolysis) is 1. The molecule has 0 radical (unpaired) electrons. The molecule has 1 aromatic carbocycles. The number of hydrogen-bond donors (Lipinski definition) is 3. The molecule has 32 heavy (non-hydrogen) atoms. The van der Waals surface area contributed by atoms with Crippen molar-refractivity contribution >= 4 is 46.6 Å². The summed E-state index contributed by atoms with van der Waals surface area (Å²) in [4.78, 5) is 35.0. The minimum atomic E-state index is -1.05. The quantitative estimate of drug-likeness (QED) is 0.403. The monoisotopic (exact) mass is 478 g/mol. The molecule has 0 atom stereocenters. The summed E-state index contributed by atoms with van der Waals surface area (Å²) in [5.74, 6) is -0.651. The summed E-state index contributed by atoms with van der Waals surface area (Å²) in [7, 11) is 0. The van der Waals surface area contributed by atoms with Crippen molar-refractivity contribution in [3.63, 3.8) is 0 Å². The van der Waals surface area contributed by atoms with E-state index in [4.69, 9.17) is 33.2 Å². The Kier molecular flexibility index (Phi) is 7.29. The number of imide groups is 1. The molecule has 0 bridgehead atoms. The van der Waals surface area contributed by atoms with E-state index >= 15 is 0 Å². The van der Waals surface area contributed by atoms with Crippen molar-refractivity contribution in [2.75, 3.05) is 12.0 Å². The fourth-order valence-electron chi connectivity index (χ4n) is 2.54. The maximum absolute atomic E-state index is 11.9. The minimum absolute atomic E-state index is 0.0539. The third-order valence-corrected chi connectivity index (χ3v) is 4.70. The average molecular weight is 479 g/mol. The lowest BCUT2D eigenvalue weighted by atomic mass is 10.2. The summed E-state index contributed by atoms with van der Waals surface area (Å²) in [5.41, 5.74) is 2.38. The fraction of sp³-hybridized carbons (Fsp3) is 0.263. The number of aromatic amines is 1. The van der Waals surface area contributed by atoms with Gasteiger partial charge >= 0.3 is 6.09 Å². The van der Waals surface area contributed by atoms with Gasteiger partial charge in [-0.1, -0.05) is 23.2 Å². The number of nitrogens with one attached hydrogen (secondary N) is 3. The van der Waals surface area contributed by atoms with Crippen LogP contribution in [0.1, 0.15) is 31.2 Å². The summed E-state index contributed by atoms with van der Waals surface area (Å²) in [6, 6.07) is 5.87. The highest BCUT2D eigenvalue weighted by Crippen LogP contribution is 2.41. The van der Waals surface area contributed by atoms with Gasteiger partial charge in [0.25, 0.3) is 11.5 Å². The van der Waals surface area contributed by atoms with Crippen molar-refractivity contribution < 1.29 is 19.1 Å². The summed E-state index contributed by atoms with van der Waals surface area (Å²) < 4.78 is 10.2. The second kappa shape index (κ2) is 10.1. The normalized spacial score (nSPS) is 13.1. The number of ether oxygens (including phenoxy) is 2. The van der Waals surface area contributed by atoms with Gasteiger partial charge in [-0.25, -0.2) is 9.89 Å². The molecule has 3 N–H and O–H groups in total.